The molecular weight excluding hydrogens is 190 g/mol. The summed E-state index contributed by atoms with van der Waals surface area (Å²) in [5.74, 6) is 0.762. The maximum atomic E-state index is 8.52. The van der Waals surface area contributed by atoms with Gasteiger partial charge < -0.3 is 15.6 Å². The van der Waals surface area contributed by atoms with Gasteiger partial charge in [-0.1, -0.05) is 11.8 Å². The molecule has 0 aliphatic carbocycles. The van der Waals surface area contributed by atoms with Crippen molar-refractivity contribution in [1.82, 2.24) is 9.97 Å². The molecule has 3 N–H and O–H groups in total. The van der Waals surface area contributed by atoms with E-state index < -0.39 is 0 Å². The highest BCUT2D eigenvalue weighted by Gasteiger charge is 2.01. The average Bonchev–Trinajstić information content (AvgIpc) is 2.14. The molecule has 1 rings (SSSR count). The molecule has 0 aromatic carbocycles. The van der Waals surface area contributed by atoms with Gasteiger partial charge in [0.25, 0.3) is 0 Å². The summed E-state index contributed by atoms with van der Waals surface area (Å²) < 4.78 is 5.08. The van der Waals surface area contributed by atoms with Crippen molar-refractivity contribution in [3.63, 3.8) is 0 Å². The molecule has 13 heavy (non-hydrogen) atoms. The molecule has 0 atom stereocenters. The third-order valence-corrected chi connectivity index (χ3v) is 1.77. The van der Waals surface area contributed by atoms with Crippen molar-refractivity contribution >= 4 is 17.6 Å². The van der Waals surface area contributed by atoms with Crippen LogP contribution < -0.4 is 10.5 Å². The Morgan fingerprint density at radius 1 is 1.62 bits per heavy atom. The Labute approximate surface area is 80.3 Å². The summed E-state index contributed by atoms with van der Waals surface area (Å²) in [6.07, 6.45) is 1.85. The molecule has 0 unspecified atom stereocenters. The van der Waals surface area contributed by atoms with Crippen molar-refractivity contribution in [3.8, 4) is 5.88 Å². The van der Waals surface area contributed by atoms with Gasteiger partial charge in [0, 0.05) is 6.07 Å². The van der Waals surface area contributed by atoms with E-state index in [4.69, 9.17) is 15.6 Å². The van der Waals surface area contributed by atoms with Gasteiger partial charge in [-0.3, -0.25) is 0 Å². The minimum absolute atomic E-state index is 0.0431. The van der Waals surface area contributed by atoms with Gasteiger partial charge in [0.05, 0.1) is 6.61 Å². The molecule has 0 amide bonds. The number of aliphatic hydroxyl groups excluding tert-OH is 1. The maximum Gasteiger partial charge on any atom is 0.219 e. The number of hydrogen-bond acceptors (Lipinski definition) is 6. The van der Waals surface area contributed by atoms with Gasteiger partial charge in [0.1, 0.15) is 12.4 Å². The first kappa shape index (κ1) is 10.1. The zero-order chi connectivity index (χ0) is 9.68. The number of hydrogen-bond donors (Lipinski definition) is 2. The zero-order valence-corrected chi connectivity index (χ0v) is 8.04. The van der Waals surface area contributed by atoms with Crippen LogP contribution in [0.3, 0.4) is 0 Å². The minimum atomic E-state index is -0.0431. The second kappa shape index (κ2) is 4.88. The summed E-state index contributed by atoms with van der Waals surface area (Å²) in [6.45, 7) is 0.169. The van der Waals surface area contributed by atoms with Crippen LogP contribution in [0.1, 0.15) is 0 Å². The number of nitrogens with two attached hydrogens (primary N) is 1. The fourth-order valence-corrected chi connectivity index (χ4v) is 1.11. The fraction of sp³-hybridized carbons (Fsp3) is 0.429. The van der Waals surface area contributed by atoms with E-state index >= 15 is 0 Å². The van der Waals surface area contributed by atoms with E-state index in [2.05, 4.69) is 9.97 Å². The Hall–Kier alpha value is -1.01. The minimum Gasteiger partial charge on any atom is -0.475 e. The molecule has 1 heterocycles. The monoisotopic (exact) mass is 201 g/mol. The maximum absolute atomic E-state index is 8.52. The van der Waals surface area contributed by atoms with Gasteiger partial charge >= 0.3 is 0 Å². The third kappa shape index (κ3) is 3.08. The predicted molar refractivity (Wildman–Crippen MR) is 50.8 cm³/mol. The van der Waals surface area contributed by atoms with E-state index in [1.807, 2.05) is 6.26 Å². The second-order valence-electron chi connectivity index (χ2n) is 2.19. The van der Waals surface area contributed by atoms with E-state index in [-0.39, 0.29) is 13.2 Å². The van der Waals surface area contributed by atoms with Crippen LogP contribution >= 0.6 is 11.8 Å². The van der Waals surface area contributed by atoms with Gasteiger partial charge in [-0.15, -0.1) is 0 Å². The van der Waals surface area contributed by atoms with Crippen molar-refractivity contribution in [1.29, 1.82) is 0 Å². The van der Waals surface area contributed by atoms with Crippen molar-refractivity contribution in [2.45, 2.75) is 5.16 Å². The topological polar surface area (TPSA) is 81.3 Å². The van der Waals surface area contributed by atoms with E-state index in [1.165, 1.54) is 17.8 Å². The van der Waals surface area contributed by atoms with Gasteiger partial charge in [-0.25, -0.2) is 4.98 Å². The molecule has 0 saturated heterocycles. The fourth-order valence-electron chi connectivity index (χ4n) is 0.736. The first-order chi connectivity index (χ1) is 6.26. The molecule has 0 bridgehead atoms. The Morgan fingerprint density at radius 2 is 2.38 bits per heavy atom. The van der Waals surface area contributed by atoms with Crippen LogP contribution in [-0.4, -0.2) is 34.5 Å². The number of rotatable bonds is 4. The molecule has 0 fully saturated rings. The lowest BCUT2D eigenvalue weighted by molar-refractivity contribution is 0.195. The summed E-state index contributed by atoms with van der Waals surface area (Å²) in [6, 6.07) is 1.52. The van der Waals surface area contributed by atoms with Crippen molar-refractivity contribution in [2.24, 2.45) is 0 Å². The van der Waals surface area contributed by atoms with Gasteiger partial charge in [0.2, 0.25) is 5.88 Å². The summed E-state index contributed by atoms with van der Waals surface area (Å²) in [5, 5.41) is 9.08. The van der Waals surface area contributed by atoms with Crippen LogP contribution in [0.15, 0.2) is 11.2 Å². The highest BCUT2D eigenvalue weighted by atomic mass is 32.2. The van der Waals surface area contributed by atoms with Gasteiger partial charge in [0.15, 0.2) is 5.16 Å². The lowest BCUT2D eigenvalue weighted by Crippen LogP contribution is -2.05. The summed E-state index contributed by atoms with van der Waals surface area (Å²) in [5.41, 5.74) is 5.50. The molecule has 5 nitrogen and oxygen atoms in total. The van der Waals surface area contributed by atoms with Crippen molar-refractivity contribution in [3.05, 3.63) is 6.07 Å². The SMILES string of the molecule is CSc1nc(N)cc(OCCO)n1. The molecule has 0 saturated carbocycles. The Morgan fingerprint density at radius 3 is 3.00 bits per heavy atom. The first-order valence-electron chi connectivity index (χ1n) is 3.68. The lowest BCUT2D eigenvalue weighted by Gasteiger charge is -2.04. The van der Waals surface area contributed by atoms with Crippen LogP contribution in [0.25, 0.3) is 0 Å². The molecule has 6 heteroatoms. The normalized spacial score (nSPS) is 10.0. The molecule has 0 spiro atoms. The summed E-state index contributed by atoms with van der Waals surface area (Å²) in [4.78, 5) is 7.98. The van der Waals surface area contributed by atoms with Crippen LogP contribution in [-0.2, 0) is 0 Å². The summed E-state index contributed by atoms with van der Waals surface area (Å²) >= 11 is 1.39. The predicted octanol–water partition coefficient (Wildman–Crippen LogP) is 0.152. The average molecular weight is 201 g/mol. The smallest absolute Gasteiger partial charge is 0.219 e. The molecular formula is C7H11N3O2S. The molecule has 72 valence electrons. The second-order valence-corrected chi connectivity index (χ2v) is 2.96. The van der Waals surface area contributed by atoms with Gasteiger partial charge in [-0.05, 0) is 6.26 Å². The van der Waals surface area contributed by atoms with Crippen molar-refractivity contribution < 1.29 is 9.84 Å². The van der Waals surface area contributed by atoms with Crippen molar-refractivity contribution in [2.75, 3.05) is 25.2 Å². The number of ether oxygens (including phenoxy) is 1. The van der Waals surface area contributed by atoms with Crippen LogP contribution in [0.2, 0.25) is 0 Å². The number of anilines is 1. The van der Waals surface area contributed by atoms with E-state index in [9.17, 15) is 0 Å². The van der Waals surface area contributed by atoms with Crippen LogP contribution in [0.4, 0.5) is 5.82 Å². The van der Waals surface area contributed by atoms with Crippen LogP contribution in [0.5, 0.6) is 5.88 Å². The first-order valence-corrected chi connectivity index (χ1v) is 4.91. The lowest BCUT2D eigenvalue weighted by atomic mass is 10.6. The highest BCUT2D eigenvalue weighted by molar-refractivity contribution is 7.98. The molecule has 1 aromatic heterocycles. The molecule has 0 aliphatic rings. The van der Waals surface area contributed by atoms with Gasteiger partial charge in [-0.2, -0.15) is 4.98 Å². The largest absolute Gasteiger partial charge is 0.475 e. The van der Waals surface area contributed by atoms with E-state index in [0.29, 0.717) is 16.9 Å². The zero-order valence-electron chi connectivity index (χ0n) is 7.23. The quantitative estimate of drug-likeness (QED) is 0.533. The highest BCUT2D eigenvalue weighted by Crippen LogP contribution is 2.16. The number of nitrogen functional groups attached to an aromatic ring is 1. The number of aromatic nitrogens is 2. The van der Waals surface area contributed by atoms with E-state index in [1.54, 1.807) is 0 Å². The molecule has 0 radical (unpaired) electrons. The van der Waals surface area contributed by atoms with Crippen LogP contribution in [0, 0.1) is 0 Å². The third-order valence-electron chi connectivity index (χ3n) is 1.23. The molecule has 1 aromatic rings. The van der Waals surface area contributed by atoms with E-state index in [0.717, 1.165) is 0 Å². The Balaban J connectivity index is 2.76. The standard InChI is InChI=1S/C7H11N3O2S/c1-13-7-9-5(8)4-6(10-7)12-3-2-11/h4,11H,2-3H2,1H3,(H2,8,9,10). The Bertz CT molecular complexity index is 282. The number of thioether (sulfide) groups is 1. The molecule has 0 aliphatic heterocycles. The summed E-state index contributed by atoms with van der Waals surface area (Å²) in [7, 11) is 0. The Kier molecular flexibility index (Phi) is 3.78. The number of nitrogens with zero attached hydrogens (tertiary/aromatic N) is 2. The number of aliphatic hydroxyl groups is 1.